The number of hydrogen-bond acceptors (Lipinski definition) is 0. The molecule has 0 aromatic heterocycles. The fourth-order valence-electron chi connectivity index (χ4n) is 7.66. The average molecular weight is 495 g/mol. The zero-order chi connectivity index (χ0) is 25.9. The second kappa shape index (κ2) is 7.24. The Hall–Kier alpha value is -4.68. The lowest BCUT2D eigenvalue weighted by Crippen LogP contribution is -2.16. The molecule has 0 heterocycles. The summed E-state index contributed by atoms with van der Waals surface area (Å²) in [6.45, 7) is 4.83. The molecule has 182 valence electrons. The van der Waals surface area contributed by atoms with E-state index < -0.39 is 0 Å². The quantitative estimate of drug-likeness (QED) is 0.157. The summed E-state index contributed by atoms with van der Waals surface area (Å²) in [5.74, 6) is 0. The Kier molecular flexibility index (Phi) is 3.95. The van der Waals surface area contributed by atoms with Gasteiger partial charge in [0.1, 0.15) is 0 Å². The van der Waals surface area contributed by atoms with Crippen molar-refractivity contribution in [2.45, 2.75) is 19.3 Å². The Morgan fingerprint density at radius 3 is 2.03 bits per heavy atom. The maximum Gasteiger partial charge on any atom is 0.0165 e. The van der Waals surface area contributed by atoms with E-state index in [0.717, 1.165) is 0 Å². The van der Waals surface area contributed by atoms with Crippen LogP contribution >= 0.6 is 0 Å². The minimum atomic E-state index is -0.0823. The highest BCUT2D eigenvalue weighted by molar-refractivity contribution is 6.23. The lowest BCUT2D eigenvalue weighted by Gasteiger charge is -2.26. The molecule has 0 saturated heterocycles. The third-order valence-electron chi connectivity index (χ3n) is 9.34. The monoisotopic (exact) mass is 494 g/mol. The van der Waals surface area contributed by atoms with Gasteiger partial charge in [0, 0.05) is 5.41 Å². The third-order valence-corrected chi connectivity index (χ3v) is 9.34. The zero-order valence-corrected chi connectivity index (χ0v) is 22.0. The molecular formula is C39H26. The maximum atomic E-state index is 2.49. The van der Waals surface area contributed by atoms with Gasteiger partial charge in [-0.3, -0.25) is 0 Å². The normalized spacial score (nSPS) is 15.0. The Balaban J connectivity index is 1.34. The second-order valence-corrected chi connectivity index (χ2v) is 11.7. The molecule has 0 bridgehead atoms. The molecule has 0 spiro atoms. The van der Waals surface area contributed by atoms with Crippen molar-refractivity contribution in [1.82, 2.24) is 0 Å². The van der Waals surface area contributed by atoms with Crippen molar-refractivity contribution in [3.8, 4) is 11.1 Å². The van der Waals surface area contributed by atoms with Crippen LogP contribution in [0.15, 0.2) is 121 Å². The molecule has 0 atom stereocenters. The molecule has 0 saturated carbocycles. The smallest absolute Gasteiger partial charge is 0.0165 e. The van der Waals surface area contributed by atoms with Crippen molar-refractivity contribution in [2.24, 2.45) is 0 Å². The Morgan fingerprint density at radius 1 is 0.462 bits per heavy atom. The summed E-state index contributed by atoms with van der Waals surface area (Å²) in [4.78, 5) is 0. The third kappa shape index (κ3) is 2.64. The molecule has 2 aliphatic rings. The van der Waals surface area contributed by atoms with Crippen molar-refractivity contribution < 1.29 is 0 Å². The molecule has 9 rings (SSSR count). The molecule has 0 aliphatic heterocycles. The van der Waals surface area contributed by atoms with Crippen LogP contribution in [0.5, 0.6) is 0 Å². The van der Waals surface area contributed by atoms with Gasteiger partial charge in [0.25, 0.3) is 0 Å². The highest BCUT2D eigenvalue weighted by Crippen LogP contribution is 2.59. The van der Waals surface area contributed by atoms with E-state index in [-0.39, 0.29) is 5.41 Å². The highest BCUT2D eigenvalue weighted by atomic mass is 14.5. The van der Waals surface area contributed by atoms with Crippen LogP contribution in [-0.2, 0) is 5.41 Å². The molecule has 7 aromatic rings. The summed E-state index contributed by atoms with van der Waals surface area (Å²) in [6.07, 6.45) is 0. The van der Waals surface area contributed by atoms with Gasteiger partial charge in [-0.25, -0.2) is 0 Å². The molecule has 0 heteroatoms. The summed E-state index contributed by atoms with van der Waals surface area (Å²) in [6, 6.07) is 45.4. The lowest BCUT2D eigenvalue weighted by atomic mass is 9.77. The van der Waals surface area contributed by atoms with E-state index in [1.54, 1.807) is 0 Å². The molecule has 7 aromatic carbocycles. The van der Waals surface area contributed by atoms with Crippen LogP contribution in [0, 0.1) is 0 Å². The van der Waals surface area contributed by atoms with E-state index in [2.05, 4.69) is 135 Å². The van der Waals surface area contributed by atoms with Crippen LogP contribution in [0.4, 0.5) is 0 Å². The topological polar surface area (TPSA) is 0 Å². The molecule has 0 amide bonds. The molecule has 0 radical (unpaired) electrons. The summed E-state index contributed by atoms with van der Waals surface area (Å²) < 4.78 is 0. The molecule has 0 unspecified atom stereocenters. The number of rotatable bonds is 1. The number of hydrogen-bond donors (Lipinski definition) is 0. The fraction of sp³-hybridized carbons (Fsp3) is 0.0769. The Labute approximate surface area is 227 Å². The van der Waals surface area contributed by atoms with Gasteiger partial charge in [0.2, 0.25) is 0 Å². The highest BCUT2D eigenvalue weighted by Gasteiger charge is 2.43. The zero-order valence-electron chi connectivity index (χ0n) is 22.0. The summed E-state index contributed by atoms with van der Waals surface area (Å²) in [5, 5.41) is 10.6. The van der Waals surface area contributed by atoms with Crippen LogP contribution < -0.4 is 0 Å². The van der Waals surface area contributed by atoms with Crippen molar-refractivity contribution in [2.75, 3.05) is 0 Å². The van der Waals surface area contributed by atoms with Gasteiger partial charge in [-0.2, -0.15) is 0 Å². The van der Waals surface area contributed by atoms with E-state index in [4.69, 9.17) is 0 Å². The molecular weight excluding hydrogens is 468 g/mol. The molecule has 0 nitrogen and oxygen atoms in total. The summed E-state index contributed by atoms with van der Waals surface area (Å²) >= 11 is 0. The van der Waals surface area contributed by atoms with Gasteiger partial charge in [0.15, 0.2) is 0 Å². The standard InChI is InChI=1S/C39H26/c1-39(2)34-22-26(18-20-30(34)37-31-15-7-11-24-12-8-16-32(35(24)31)38(37)39)36-28-14-6-4-10-25(28)21-33-27-13-5-3-9-23(27)17-19-29(33)36/h3-22H,1-2H3. The van der Waals surface area contributed by atoms with Crippen molar-refractivity contribution >= 4 is 54.2 Å². The predicted molar refractivity (Wildman–Crippen MR) is 167 cm³/mol. The first-order valence-corrected chi connectivity index (χ1v) is 13.9. The van der Waals surface area contributed by atoms with Gasteiger partial charge in [0.05, 0.1) is 0 Å². The maximum absolute atomic E-state index is 2.49. The van der Waals surface area contributed by atoms with Crippen LogP contribution in [0.25, 0.3) is 65.4 Å². The van der Waals surface area contributed by atoms with Gasteiger partial charge in [-0.1, -0.05) is 123 Å². The van der Waals surface area contributed by atoms with Crippen LogP contribution in [0.1, 0.15) is 36.1 Å². The van der Waals surface area contributed by atoms with E-state index >= 15 is 0 Å². The average Bonchev–Trinajstić information content (AvgIpc) is 3.43. The SMILES string of the molecule is CC1(C)C2=C(c3ccc(-c4c5ccccc5cc5c4ccc4ccccc45)cc31)c1cccc3cccc2c13. The van der Waals surface area contributed by atoms with E-state index in [9.17, 15) is 0 Å². The Bertz CT molecular complexity index is 2230. The fourth-order valence-corrected chi connectivity index (χ4v) is 7.66. The minimum Gasteiger partial charge on any atom is -0.0616 e. The van der Waals surface area contributed by atoms with Gasteiger partial charge in [-0.05, 0) is 99.7 Å². The van der Waals surface area contributed by atoms with E-state index in [1.807, 2.05) is 0 Å². The first-order chi connectivity index (χ1) is 19.1. The van der Waals surface area contributed by atoms with Crippen LogP contribution in [0.3, 0.4) is 0 Å². The van der Waals surface area contributed by atoms with Gasteiger partial charge in [-0.15, -0.1) is 0 Å². The molecule has 0 N–H and O–H groups in total. The summed E-state index contributed by atoms with van der Waals surface area (Å²) in [7, 11) is 0. The van der Waals surface area contributed by atoms with E-state index in [0.29, 0.717) is 0 Å². The predicted octanol–water partition coefficient (Wildman–Crippen LogP) is 10.5. The van der Waals surface area contributed by atoms with Crippen LogP contribution in [-0.4, -0.2) is 0 Å². The second-order valence-electron chi connectivity index (χ2n) is 11.7. The van der Waals surface area contributed by atoms with Crippen molar-refractivity contribution in [3.05, 3.63) is 144 Å². The molecule has 2 aliphatic carbocycles. The number of fused-ring (bicyclic) bond motifs is 8. The van der Waals surface area contributed by atoms with Gasteiger partial charge >= 0.3 is 0 Å². The first kappa shape index (κ1) is 21.3. The largest absolute Gasteiger partial charge is 0.0616 e. The van der Waals surface area contributed by atoms with Crippen molar-refractivity contribution in [3.63, 3.8) is 0 Å². The van der Waals surface area contributed by atoms with Gasteiger partial charge < -0.3 is 0 Å². The van der Waals surface area contributed by atoms with E-state index in [1.165, 1.54) is 87.6 Å². The summed E-state index contributed by atoms with van der Waals surface area (Å²) in [5.41, 5.74) is 11.1. The molecule has 0 fully saturated rings. The first-order valence-electron chi connectivity index (χ1n) is 13.9. The number of benzene rings is 7. The van der Waals surface area contributed by atoms with Crippen LogP contribution in [0.2, 0.25) is 0 Å². The minimum absolute atomic E-state index is 0.0823. The Morgan fingerprint density at radius 2 is 1.18 bits per heavy atom. The lowest BCUT2D eigenvalue weighted by molar-refractivity contribution is 0.705. The number of allylic oxidation sites excluding steroid dienone is 1. The van der Waals surface area contributed by atoms with Crippen molar-refractivity contribution in [1.29, 1.82) is 0 Å². The molecule has 39 heavy (non-hydrogen) atoms.